The van der Waals surface area contributed by atoms with Crippen LogP contribution in [-0.2, 0) is 0 Å². The number of hydrogen-bond donors (Lipinski definition) is 1. The Bertz CT molecular complexity index is 1240. The molecule has 1 N–H and O–H groups in total. The van der Waals surface area contributed by atoms with Crippen LogP contribution < -0.4 is 9.47 Å². The number of ether oxygens (including phenoxy) is 2. The first-order valence-corrected chi connectivity index (χ1v) is 10.8. The van der Waals surface area contributed by atoms with Crippen molar-refractivity contribution >= 4 is 29.9 Å². The van der Waals surface area contributed by atoms with Crippen LogP contribution in [0.5, 0.6) is 11.5 Å². The van der Waals surface area contributed by atoms with E-state index in [1.807, 2.05) is 36.4 Å². The van der Waals surface area contributed by atoms with E-state index in [1.54, 1.807) is 30.3 Å². The molecule has 34 heavy (non-hydrogen) atoms. The van der Waals surface area contributed by atoms with Gasteiger partial charge < -0.3 is 14.6 Å². The van der Waals surface area contributed by atoms with Crippen molar-refractivity contribution in [2.45, 2.75) is 6.42 Å². The molecule has 0 saturated heterocycles. The van der Waals surface area contributed by atoms with Crippen molar-refractivity contribution in [3.05, 3.63) is 94.5 Å². The number of imide groups is 1. The van der Waals surface area contributed by atoms with Gasteiger partial charge in [0.05, 0.1) is 30.4 Å². The van der Waals surface area contributed by atoms with E-state index in [4.69, 9.17) is 14.6 Å². The number of carboxylic acid groups (broad SMARTS) is 1. The van der Waals surface area contributed by atoms with Crippen LogP contribution in [0.1, 0.15) is 48.6 Å². The fraction of sp³-hybridized carbons (Fsp3) is 0.148. The first kappa shape index (κ1) is 22.8. The maximum absolute atomic E-state index is 12.5. The Morgan fingerprint density at radius 3 is 2.15 bits per heavy atom. The lowest BCUT2D eigenvalue weighted by Crippen LogP contribution is -2.31. The number of nitrogens with zero attached hydrogens (tertiary/aromatic N) is 1. The van der Waals surface area contributed by atoms with Crippen molar-refractivity contribution in [3.63, 3.8) is 0 Å². The van der Waals surface area contributed by atoms with E-state index in [0.29, 0.717) is 35.7 Å². The summed E-state index contributed by atoms with van der Waals surface area (Å²) in [5, 5.41) is 9.16. The van der Waals surface area contributed by atoms with Gasteiger partial charge in [-0.05, 0) is 36.8 Å². The highest BCUT2D eigenvalue weighted by atomic mass is 16.5. The van der Waals surface area contributed by atoms with E-state index in [-0.39, 0.29) is 23.9 Å². The second-order valence-electron chi connectivity index (χ2n) is 7.64. The molecule has 0 bridgehead atoms. The maximum atomic E-state index is 12.5. The summed E-state index contributed by atoms with van der Waals surface area (Å²) < 4.78 is 11.2. The zero-order valence-corrected chi connectivity index (χ0v) is 18.6. The summed E-state index contributed by atoms with van der Waals surface area (Å²) in [6.45, 7) is 0.604. The molecule has 4 rings (SSSR count). The van der Waals surface area contributed by atoms with Crippen LogP contribution in [0.15, 0.2) is 66.7 Å². The zero-order valence-electron chi connectivity index (χ0n) is 18.6. The molecule has 0 radical (unpaired) electrons. The Balaban J connectivity index is 1.39. The molecule has 0 saturated carbocycles. The second-order valence-corrected chi connectivity index (χ2v) is 7.64. The minimum Gasteiger partial charge on any atom is -0.496 e. The fourth-order valence-electron chi connectivity index (χ4n) is 3.76. The topological polar surface area (TPSA) is 93.1 Å². The van der Waals surface area contributed by atoms with Gasteiger partial charge in [0.25, 0.3) is 11.8 Å². The SMILES string of the molecule is COc1cc(C(=O)O)ccc1C=Cc1ccccc1OCCCN1C(=O)c2ccccc2C1=O. The summed E-state index contributed by atoms with van der Waals surface area (Å²) in [6.07, 6.45) is 4.18. The summed E-state index contributed by atoms with van der Waals surface area (Å²) in [5.74, 6) is -0.454. The molecule has 1 aliphatic heterocycles. The van der Waals surface area contributed by atoms with Gasteiger partial charge >= 0.3 is 5.97 Å². The van der Waals surface area contributed by atoms with E-state index in [2.05, 4.69) is 0 Å². The van der Waals surface area contributed by atoms with Crippen molar-refractivity contribution in [2.24, 2.45) is 0 Å². The standard InChI is InChI=1S/C27H23NO6/c1-33-24-17-20(27(31)32)14-13-19(24)12-11-18-7-2-5-10-23(18)34-16-6-15-28-25(29)21-8-3-4-9-22(21)26(28)30/h2-5,7-14,17H,6,15-16H2,1H3,(H,31,32). The van der Waals surface area contributed by atoms with Crippen molar-refractivity contribution in [3.8, 4) is 11.5 Å². The first-order chi connectivity index (χ1) is 16.5. The van der Waals surface area contributed by atoms with Crippen LogP contribution >= 0.6 is 0 Å². The molecule has 3 aromatic rings. The average Bonchev–Trinajstić information content (AvgIpc) is 3.10. The zero-order chi connectivity index (χ0) is 24.1. The van der Waals surface area contributed by atoms with Gasteiger partial charge in [0.15, 0.2) is 0 Å². The summed E-state index contributed by atoms with van der Waals surface area (Å²) in [4.78, 5) is 37.4. The number of hydrogen-bond acceptors (Lipinski definition) is 5. The van der Waals surface area contributed by atoms with Crippen molar-refractivity contribution < 1.29 is 29.0 Å². The lowest BCUT2D eigenvalue weighted by Gasteiger charge is -2.14. The van der Waals surface area contributed by atoms with Crippen LogP contribution in [0.25, 0.3) is 12.2 Å². The van der Waals surface area contributed by atoms with Crippen molar-refractivity contribution in [1.82, 2.24) is 4.90 Å². The monoisotopic (exact) mass is 457 g/mol. The third kappa shape index (κ3) is 4.68. The van der Waals surface area contributed by atoms with Gasteiger partial charge in [0.1, 0.15) is 11.5 Å². The summed E-state index contributed by atoms with van der Waals surface area (Å²) in [7, 11) is 1.49. The Kier molecular flexibility index (Phi) is 6.73. The van der Waals surface area contributed by atoms with E-state index in [9.17, 15) is 14.4 Å². The molecule has 2 amide bonds. The quantitative estimate of drug-likeness (QED) is 0.286. The van der Waals surface area contributed by atoms with Gasteiger partial charge in [-0.3, -0.25) is 14.5 Å². The van der Waals surface area contributed by atoms with Crippen molar-refractivity contribution in [2.75, 3.05) is 20.3 Å². The minimum absolute atomic E-state index is 0.149. The molecule has 0 unspecified atom stereocenters. The van der Waals surface area contributed by atoms with Crippen LogP contribution in [0.2, 0.25) is 0 Å². The average molecular weight is 457 g/mol. The van der Waals surface area contributed by atoms with Crippen LogP contribution in [0, 0.1) is 0 Å². The number of methoxy groups -OCH3 is 1. The molecule has 0 aliphatic carbocycles. The predicted octanol–water partition coefficient (Wildman–Crippen LogP) is 4.63. The normalized spacial score (nSPS) is 12.8. The smallest absolute Gasteiger partial charge is 0.335 e. The van der Waals surface area contributed by atoms with Gasteiger partial charge in [-0.2, -0.15) is 0 Å². The minimum atomic E-state index is -1.02. The summed E-state index contributed by atoms with van der Waals surface area (Å²) in [5.41, 5.74) is 2.59. The predicted molar refractivity (Wildman–Crippen MR) is 127 cm³/mol. The number of carboxylic acids is 1. The summed E-state index contributed by atoms with van der Waals surface area (Å²) in [6, 6.07) is 19.0. The fourth-order valence-corrected chi connectivity index (χ4v) is 3.76. The molecule has 1 heterocycles. The maximum Gasteiger partial charge on any atom is 0.335 e. The lowest BCUT2D eigenvalue weighted by molar-refractivity contribution is 0.0643. The Morgan fingerprint density at radius 1 is 0.882 bits per heavy atom. The lowest BCUT2D eigenvalue weighted by atomic mass is 10.1. The highest BCUT2D eigenvalue weighted by Crippen LogP contribution is 2.26. The number of fused-ring (bicyclic) bond motifs is 1. The van der Waals surface area contributed by atoms with Crippen LogP contribution in [0.4, 0.5) is 0 Å². The van der Waals surface area contributed by atoms with Crippen LogP contribution in [0.3, 0.4) is 0 Å². The molecular weight excluding hydrogens is 434 g/mol. The molecule has 0 fully saturated rings. The molecular formula is C27H23NO6. The molecule has 0 aromatic heterocycles. The number of carbonyl (C=O) groups is 3. The van der Waals surface area contributed by atoms with Gasteiger partial charge in [-0.1, -0.05) is 48.6 Å². The highest BCUT2D eigenvalue weighted by Gasteiger charge is 2.34. The van der Waals surface area contributed by atoms with Gasteiger partial charge in [0.2, 0.25) is 0 Å². The van der Waals surface area contributed by atoms with Crippen LogP contribution in [-0.4, -0.2) is 48.1 Å². The van der Waals surface area contributed by atoms with E-state index < -0.39 is 5.97 Å². The van der Waals surface area contributed by atoms with E-state index in [1.165, 1.54) is 24.1 Å². The Hall–Kier alpha value is -4.39. The Morgan fingerprint density at radius 2 is 1.50 bits per heavy atom. The molecule has 1 aliphatic rings. The van der Waals surface area contributed by atoms with Crippen molar-refractivity contribution in [1.29, 1.82) is 0 Å². The third-order valence-electron chi connectivity index (χ3n) is 5.50. The molecule has 7 nitrogen and oxygen atoms in total. The molecule has 3 aromatic carbocycles. The number of carbonyl (C=O) groups excluding carboxylic acids is 2. The number of benzene rings is 3. The van der Waals surface area contributed by atoms with Gasteiger partial charge in [-0.15, -0.1) is 0 Å². The molecule has 7 heteroatoms. The third-order valence-corrected chi connectivity index (χ3v) is 5.50. The number of aromatic carboxylic acids is 1. The Labute approximate surface area is 196 Å². The van der Waals surface area contributed by atoms with Gasteiger partial charge in [0, 0.05) is 17.7 Å². The van der Waals surface area contributed by atoms with Gasteiger partial charge in [-0.25, -0.2) is 4.79 Å². The number of para-hydroxylation sites is 1. The molecule has 172 valence electrons. The second kappa shape index (κ2) is 10.0. The molecule has 0 atom stereocenters. The van der Waals surface area contributed by atoms with E-state index in [0.717, 1.165) is 11.1 Å². The summed E-state index contributed by atoms with van der Waals surface area (Å²) >= 11 is 0. The number of amides is 2. The highest BCUT2D eigenvalue weighted by molar-refractivity contribution is 6.21. The molecule has 0 spiro atoms. The largest absolute Gasteiger partial charge is 0.496 e. The van der Waals surface area contributed by atoms with E-state index >= 15 is 0 Å². The first-order valence-electron chi connectivity index (χ1n) is 10.8. The number of rotatable bonds is 9.